The lowest BCUT2D eigenvalue weighted by atomic mass is 10.2. The van der Waals surface area contributed by atoms with E-state index in [1.165, 1.54) is 19.1 Å². The predicted octanol–water partition coefficient (Wildman–Crippen LogP) is -0.0360. The molecule has 7 nitrogen and oxygen atoms in total. The van der Waals surface area contributed by atoms with Gasteiger partial charge in [-0.2, -0.15) is 0 Å². The number of anilines is 1. The molecule has 0 heterocycles. The van der Waals surface area contributed by atoms with E-state index in [2.05, 4.69) is 16.2 Å². The summed E-state index contributed by atoms with van der Waals surface area (Å²) < 4.78 is 0. The first-order chi connectivity index (χ1) is 8.49. The van der Waals surface area contributed by atoms with Crippen molar-refractivity contribution in [3.05, 3.63) is 29.8 Å². The number of carboxylic acid groups (broad SMARTS) is 1. The van der Waals surface area contributed by atoms with E-state index in [0.717, 1.165) is 0 Å². The first-order valence-electron chi connectivity index (χ1n) is 5.11. The molecule has 0 spiro atoms. The summed E-state index contributed by atoms with van der Waals surface area (Å²) in [5.74, 6) is -1.81. The summed E-state index contributed by atoms with van der Waals surface area (Å²) in [5, 5.41) is 10.6. The number of carboxylic acids is 1. The maximum Gasteiger partial charge on any atom is 0.322 e. The highest BCUT2D eigenvalue weighted by atomic mass is 16.4. The van der Waals surface area contributed by atoms with E-state index in [1.54, 1.807) is 12.1 Å². The maximum atomic E-state index is 11.5. The predicted molar refractivity (Wildman–Crippen MR) is 63.9 cm³/mol. The second kappa shape index (κ2) is 6.24. The lowest BCUT2D eigenvalue weighted by Crippen LogP contribution is -2.29. The average molecular weight is 251 g/mol. The molecule has 0 saturated heterocycles. The molecular formula is C11H13N3O4. The molecule has 0 fully saturated rings. The summed E-state index contributed by atoms with van der Waals surface area (Å²) >= 11 is 0. The lowest BCUT2D eigenvalue weighted by Gasteiger charge is -2.07. The van der Waals surface area contributed by atoms with Crippen LogP contribution in [0.25, 0.3) is 0 Å². The van der Waals surface area contributed by atoms with Gasteiger partial charge in [0, 0.05) is 12.5 Å². The molecule has 0 aromatic heterocycles. The molecule has 7 heteroatoms. The molecule has 0 atom stereocenters. The van der Waals surface area contributed by atoms with E-state index < -0.39 is 18.4 Å². The minimum atomic E-state index is -1.10. The van der Waals surface area contributed by atoms with Crippen LogP contribution in [-0.4, -0.2) is 29.4 Å². The molecule has 18 heavy (non-hydrogen) atoms. The largest absolute Gasteiger partial charge is 0.480 e. The van der Waals surface area contributed by atoms with Gasteiger partial charge >= 0.3 is 5.97 Å². The molecule has 0 aliphatic rings. The molecule has 0 radical (unpaired) electrons. The van der Waals surface area contributed by atoms with Crippen LogP contribution < -0.4 is 16.2 Å². The molecule has 4 N–H and O–H groups in total. The number of amides is 2. The van der Waals surface area contributed by atoms with Gasteiger partial charge in [-0.25, -0.2) is 0 Å². The zero-order chi connectivity index (χ0) is 13.5. The highest BCUT2D eigenvalue weighted by Crippen LogP contribution is 2.08. The van der Waals surface area contributed by atoms with Crippen LogP contribution in [0.5, 0.6) is 0 Å². The number of rotatable bonds is 5. The molecule has 0 aliphatic carbocycles. The molecule has 0 bridgehead atoms. The van der Waals surface area contributed by atoms with Crippen LogP contribution in [-0.2, 0) is 9.59 Å². The molecule has 1 aromatic carbocycles. The molecule has 0 unspecified atom stereocenters. The number of benzene rings is 1. The summed E-state index contributed by atoms with van der Waals surface area (Å²) in [4.78, 5) is 32.4. The van der Waals surface area contributed by atoms with E-state index in [-0.39, 0.29) is 5.91 Å². The third-order valence-corrected chi connectivity index (χ3v) is 1.93. The topological polar surface area (TPSA) is 108 Å². The molecule has 0 aliphatic heterocycles. The van der Waals surface area contributed by atoms with E-state index in [0.29, 0.717) is 11.3 Å². The third-order valence-electron chi connectivity index (χ3n) is 1.93. The fraction of sp³-hybridized carbons (Fsp3) is 0.182. The number of carbonyl (C=O) groups excluding carboxylic acids is 2. The van der Waals surface area contributed by atoms with Crippen molar-refractivity contribution < 1.29 is 19.5 Å². The van der Waals surface area contributed by atoms with Crippen molar-refractivity contribution in [3.8, 4) is 0 Å². The quantitative estimate of drug-likeness (QED) is 0.549. The van der Waals surface area contributed by atoms with Gasteiger partial charge in [-0.3, -0.25) is 25.2 Å². The van der Waals surface area contributed by atoms with Crippen LogP contribution in [0, 0.1) is 0 Å². The maximum absolute atomic E-state index is 11.5. The summed E-state index contributed by atoms with van der Waals surface area (Å²) in [6, 6.07) is 6.21. The Balaban J connectivity index is 2.56. The molecule has 1 rings (SSSR count). The number of aliphatic carboxylic acids is 1. The highest BCUT2D eigenvalue weighted by Gasteiger charge is 2.06. The fourth-order valence-corrected chi connectivity index (χ4v) is 1.12. The van der Waals surface area contributed by atoms with Gasteiger partial charge in [-0.1, -0.05) is 0 Å². The third kappa shape index (κ3) is 4.52. The summed E-state index contributed by atoms with van der Waals surface area (Å²) in [7, 11) is 0. The summed E-state index contributed by atoms with van der Waals surface area (Å²) in [6.07, 6.45) is 0. The Morgan fingerprint density at radius 2 is 1.78 bits per heavy atom. The van der Waals surface area contributed by atoms with Gasteiger partial charge in [0.25, 0.3) is 5.91 Å². The van der Waals surface area contributed by atoms with Crippen LogP contribution >= 0.6 is 0 Å². The Morgan fingerprint density at radius 1 is 1.17 bits per heavy atom. The highest BCUT2D eigenvalue weighted by molar-refractivity contribution is 5.96. The Labute approximate surface area is 103 Å². The zero-order valence-electron chi connectivity index (χ0n) is 9.69. The van der Waals surface area contributed by atoms with Crippen molar-refractivity contribution >= 4 is 23.5 Å². The Kier molecular flexibility index (Phi) is 4.67. The van der Waals surface area contributed by atoms with Crippen molar-refractivity contribution in [1.29, 1.82) is 0 Å². The SMILES string of the molecule is CC(=O)NNc1ccc(C(=O)NCC(=O)O)cc1. The van der Waals surface area contributed by atoms with Crippen molar-refractivity contribution in [1.82, 2.24) is 10.7 Å². The monoisotopic (exact) mass is 251 g/mol. The minimum Gasteiger partial charge on any atom is -0.480 e. The second-order valence-electron chi connectivity index (χ2n) is 3.46. The van der Waals surface area contributed by atoms with Gasteiger partial charge in [0.05, 0.1) is 5.69 Å². The van der Waals surface area contributed by atoms with Gasteiger partial charge < -0.3 is 10.4 Å². The first-order valence-corrected chi connectivity index (χ1v) is 5.11. The normalized spacial score (nSPS) is 9.39. The average Bonchev–Trinajstić information content (AvgIpc) is 2.34. The standard InChI is InChI=1S/C11H13N3O4/c1-7(15)13-14-9-4-2-8(3-5-9)11(18)12-6-10(16)17/h2-5,14H,6H2,1H3,(H,12,18)(H,13,15)(H,16,17). The Bertz CT molecular complexity index is 456. The molecule has 96 valence electrons. The Hall–Kier alpha value is -2.57. The van der Waals surface area contributed by atoms with E-state index in [4.69, 9.17) is 5.11 Å². The van der Waals surface area contributed by atoms with E-state index in [1.807, 2.05) is 0 Å². The Morgan fingerprint density at radius 3 is 2.28 bits per heavy atom. The minimum absolute atomic E-state index is 0.238. The van der Waals surface area contributed by atoms with Gasteiger partial charge in [-0.15, -0.1) is 0 Å². The molecule has 0 saturated carbocycles. The number of nitrogens with one attached hydrogen (secondary N) is 3. The number of hydrogen-bond acceptors (Lipinski definition) is 4. The van der Waals surface area contributed by atoms with Crippen LogP contribution in [0.2, 0.25) is 0 Å². The van der Waals surface area contributed by atoms with Crippen LogP contribution in [0.4, 0.5) is 5.69 Å². The van der Waals surface area contributed by atoms with E-state index in [9.17, 15) is 14.4 Å². The number of hydrogen-bond donors (Lipinski definition) is 4. The van der Waals surface area contributed by atoms with Gasteiger partial charge in [-0.05, 0) is 24.3 Å². The first kappa shape index (κ1) is 13.5. The fourth-order valence-electron chi connectivity index (χ4n) is 1.12. The van der Waals surface area contributed by atoms with Crippen LogP contribution in [0.1, 0.15) is 17.3 Å². The van der Waals surface area contributed by atoms with Crippen molar-refractivity contribution in [2.45, 2.75) is 6.92 Å². The van der Waals surface area contributed by atoms with Crippen molar-refractivity contribution in [3.63, 3.8) is 0 Å². The van der Waals surface area contributed by atoms with Gasteiger partial charge in [0.1, 0.15) is 6.54 Å². The zero-order valence-corrected chi connectivity index (χ0v) is 9.69. The second-order valence-corrected chi connectivity index (χ2v) is 3.46. The molecule has 1 aromatic rings. The van der Waals surface area contributed by atoms with Gasteiger partial charge in [0.2, 0.25) is 5.91 Å². The summed E-state index contributed by atoms with van der Waals surface area (Å²) in [6.45, 7) is 0.936. The number of carbonyl (C=O) groups is 3. The van der Waals surface area contributed by atoms with Crippen LogP contribution in [0.3, 0.4) is 0 Å². The smallest absolute Gasteiger partial charge is 0.322 e. The lowest BCUT2D eigenvalue weighted by molar-refractivity contribution is -0.135. The van der Waals surface area contributed by atoms with Crippen molar-refractivity contribution in [2.24, 2.45) is 0 Å². The van der Waals surface area contributed by atoms with Crippen molar-refractivity contribution in [2.75, 3.05) is 12.0 Å². The number of hydrazine groups is 1. The van der Waals surface area contributed by atoms with Crippen LogP contribution in [0.15, 0.2) is 24.3 Å². The summed E-state index contributed by atoms with van der Waals surface area (Å²) in [5.41, 5.74) is 5.97. The van der Waals surface area contributed by atoms with Gasteiger partial charge in [0.15, 0.2) is 0 Å². The molecule has 2 amide bonds. The van der Waals surface area contributed by atoms with E-state index >= 15 is 0 Å². The molecular weight excluding hydrogens is 238 g/mol.